The number of amides is 1. The molecule has 1 aromatic heterocycles. The van der Waals surface area contributed by atoms with Gasteiger partial charge in [-0.05, 0) is 24.3 Å². The van der Waals surface area contributed by atoms with Crippen LogP contribution in [0.4, 0.5) is 0 Å². The van der Waals surface area contributed by atoms with Crippen LogP contribution in [0.1, 0.15) is 36.0 Å². The van der Waals surface area contributed by atoms with Crippen LogP contribution in [0, 0.1) is 11.8 Å². The maximum Gasteiger partial charge on any atom is 0.306 e. The van der Waals surface area contributed by atoms with Crippen molar-refractivity contribution in [2.45, 2.75) is 25.7 Å². The Morgan fingerprint density at radius 3 is 2.25 bits per heavy atom. The molecule has 0 spiro atoms. The minimum atomic E-state index is -0.831. The van der Waals surface area contributed by atoms with Gasteiger partial charge in [0.2, 0.25) is 0 Å². The van der Waals surface area contributed by atoms with Gasteiger partial charge in [-0.1, -0.05) is 73.5 Å². The number of aliphatic carboxylic acids is 1. The Morgan fingerprint density at radius 1 is 0.969 bits per heavy atom. The Kier molecular flexibility index (Phi) is 6.44. The summed E-state index contributed by atoms with van der Waals surface area (Å²) in [6, 6.07) is 18.6. The number of nitrogens with zero attached hydrogens (tertiary/aromatic N) is 1. The van der Waals surface area contributed by atoms with Gasteiger partial charge < -0.3 is 10.4 Å². The minimum absolute atomic E-state index is 0.0206. The van der Waals surface area contributed by atoms with Crippen LogP contribution in [0.15, 0.2) is 65.5 Å². The van der Waals surface area contributed by atoms with Gasteiger partial charge in [0.05, 0.1) is 11.6 Å². The van der Waals surface area contributed by atoms with E-state index in [1.165, 1.54) is 0 Å². The first-order valence-electron chi connectivity index (χ1n) is 10.8. The number of carboxylic acids is 1. The summed E-state index contributed by atoms with van der Waals surface area (Å²) >= 11 is 0. The molecule has 4 rings (SSSR count). The Labute approximate surface area is 185 Å². The highest BCUT2D eigenvalue weighted by Crippen LogP contribution is 2.32. The second-order valence-electron chi connectivity index (χ2n) is 8.08. The number of nitrogens with one attached hydrogen (secondary N) is 2. The molecule has 1 fully saturated rings. The zero-order chi connectivity index (χ0) is 22.5. The standard InChI is InChI=1S/C25H25N3O4/c29-23(26-15-18-13-7-8-14-19(18)25(31)32)21-20(16-9-3-1-4-10-16)22(27-28-24(21)30)17-11-5-2-6-12-17/h1-6,9-12,18-19H,7-8,13-15H2,(H,26,29)(H,28,30)(H,31,32)/t18-,19-/m0/s1. The van der Waals surface area contributed by atoms with Crippen LogP contribution in [0.25, 0.3) is 22.4 Å². The van der Waals surface area contributed by atoms with E-state index < -0.39 is 23.4 Å². The van der Waals surface area contributed by atoms with Crippen molar-refractivity contribution in [3.63, 3.8) is 0 Å². The number of carbonyl (C=O) groups is 2. The lowest BCUT2D eigenvalue weighted by Gasteiger charge is -2.28. The molecule has 164 valence electrons. The highest BCUT2D eigenvalue weighted by atomic mass is 16.4. The lowest BCUT2D eigenvalue weighted by Crippen LogP contribution is -2.39. The molecule has 1 aliphatic carbocycles. The minimum Gasteiger partial charge on any atom is -0.481 e. The predicted octanol–water partition coefficient (Wildman–Crippen LogP) is 3.72. The molecule has 0 unspecified atom stereocenters. The lowest BCUT2D eigenvalue weighted by molar-refractivity contribution is -0.144. The maximum absolute atomic E-state index is 13.3. The summed E-state index contributed by atoms with van der Waals surface area (Å²) in [6.45, 7) is 0.215. The van der Waals surface area contributed by atoms with Gasteiger partial charge in [0.1, 0.15) is 5.56 Å². The molecular formula is C25H25N3O4. The first kappa shape index (κ1) is 21.5. The fraction of sp³-hybridized carbons (Fsp3) is 0.280. The molecule has 7 nitrogen and oxygen atoms in total. The number of carbonyl (C=O) groups excluding carboxylic acids is 1. The van der Waals surface area contributed by atoms with Crippen LogP contribution in [0.5, 0.6) is 0 Å². The van der Waals surface area contributed by atoms with E-state index in [1.807, 2.05) is 60.7 Å². The van der Waals surface area contributed by atoms with Gasteiger partial charge in [0.15, 0.2) is 0 Å². The molecule has 0 saturated heterocycles. The summed E-state index contributed by atoms with van der Waals surface area (Å²) in [7, 11) is 0. The molecule has 1 amide bonds. The Morgan fingerprint density at radius 2 is 1.59 bits per heavy atom. The van der Waals surface area contributed by atoms with E-state index >= 15 is 0 Å². The molecule has 7 heteroatoms. The molecule has 0 bridgehead atoms. The third kappa shape index (κ3) is 4.46. The van der Waals surface area contributed by atoms with Crippen molar-refractivity contribution in [2.75, 3.05) is 6.54 Å². The van der Waals surface area contributed by atoms with Gasteiger partial charge in [0, 0.05) is 17.7 Å². The van der Waals surface area contributed by atoms with E-state index in [-0.39, 0.29) is 18.0 Å². The number of aromatic nitrogens is 2. The summed E-state index contributed by atoms with van der Waals surface area (Å²) in [6.07, 6.45) is 3.17. The number of hydrogen-bond acceptors (Lipinski definition) is 4. The van der Waals surface area contributed by atoms with Crippen LogP contribution in [0.2, 0.25) is 0 Å². The maximum atomic E-state index is 13.3. The third-order valence-electron chi connectivity index (χ3n) is 6.07. The van der Waals surface area contributed by atoms with Gasteiger partial charge >= 0.3 is 5.97 Å². The van der Waals surface area contributed by atoms with E-state index in [9.17, 15) is 19.5 Å². The molecule has 1 saturated carbocycles. The predicted molar refractivity (Wildman–Crippen MR) is 121 cm³/mol. The number of benzene rings is 2. The first-order valence-corrected chi connectivity index (χ1v) is 10.8. The second-order valence-corrected chi connectivity index (χ2v) is 8.08. The lowest BCUT2D eigenvalue weighted by atomic mass is 9.79. The van der Waals surface area contributed by atoms with Crippen molar-refractivity contribution >= 4 is 11.9 Å². The van der Waals surface area contributed by atoms with Crippen molar-refractivity contribution in [3.05, 3.63) is 76.6 Å². The fourth-order valence-electron chi connectivity index (χ4n) is 4.45. The van der Waals surface area contributed by atoms with E-state index in [4.69, 9.17) is 0 Å². The van der Waals surface area contributed by atoms with Crippen molar-refractivity contribution in [1.29, 1.82) is 0 Å². The van der Waals surface area contributed by atoms with E-state index in [2.05, 4.69) is 15.5 Å². The number of H-pyrrole nitrogens is 1. The quantitative estimate of drug-likeness (QED) is 0.551. The Hall–Kier alpha value is -3.74. The van der Waals surface area contributed by atoms with Crippen molar-refractivity contribution in [3.8, 4) is 22.4 Å². The molecule has 32 heavy (non-hydrogen) atoms. The zero-order valence-electron chi connectivity index (χ0n) is 17.6. The number of aromatic amines is 1. The van der Waals surface area contributed by atoms with Crippen LogP contribution < -0.4 is 10.9 Å². The fourth-order valence-corrected chi connectivity index (χ4v) is 4.45. The summed E-state index contributed by atoms with van der Waals surface area (Å²) in [5.74, 6) is -1.99. The van der Waals surface area contributed by atoms with Gasteiger partial charge in [-0.2, -0.15) is 5.10 Å². The number of carboxylic acid groups (broad SMARTS) is 1. The molecule has 1 heterocycles. The van der Waals surface area contributed by atoms with Gasteiger partial charge in [0.25, 0.3) is 11.5 Å². The van der Waals surface area contributed by atoms with Crippen molar-refractivity contribution < 1.29 is 14.7 Å². The van der Waals surface area contributed by atoms with Crippen LogP contribution in [0.3, 0.4) is 0 Å². The van der Waals surface area contributed by atoms with Gasteiger partial charge in [-0.25, -0.2) is 5.10 Å². The molecule has 3 aromatic rings. The van der Waals surface area contributed by atoms with Crippen LogP contribution in [-0.2, 0) is 4.79 Å². The SMILES string of the molecule is O=C(NC[C@@H]1CCCC[C@@H]1C(=O)O)c1c(-c2ccccc2)c(-c2ccccc2)n[nH]c1=O. The largest absolute Gasteiger partial charge is 0.481 e. The molecule has 3 N–H and O–H groups in total. The summed E-state index contributed by atoms with van der Waals surface area (Å²) in [5, 5.41) is 19.1. The normalized spacial score (nSPS) is 18.1. The van der Waals surface area contributed by atoms with Crippen molar-refractivity contribution in [2.24, 2.45) is 11.8 Å². The average molecular weight is 431 g/mol. The molecule has 2 atom stereocenters. The third-order valence-corrected chi connectivity index (χ3v) is 6.07. The highest BCUT2D eigenvalue weighted by molar-refractivity contribution is 6.03. The monoisotopic (exact) mass is 431 g/mol. The summed E-state index contributed by atoms with van der Waals surface area (Å²) in [4.78, 5) is 37.6. The Bertz CT molecular complexity index is 1160. The van der Waals surface area contributed by atoms with E-state index in [0.717, 1.165) is 24.8 Å². The van der Waals surface area contributed by atoms with Gasteiger partial charge in [-0.3, -0.25) is 14.4 Å². The zero-order valence-corrected chi connectivity index (χ0v) is 17.6. The summed E-state index contributed by atoms with van der Waals surface area (Å²) < 4.78 is 0. The number of hydrogen-bond donors (Lipinski definition) is 3. The molecule has 1 aliphatic rings. The van der Waals surface area contributed by atoms with Crippen molar-refractivity contribution in [1.82, 2.24) is 15.5 Å². The molecule has 2 aromatic carbocycles. The van der Waals surface area contributed by atoms with Crippen LogP contribution >= 0.6 is 0 Å². The van der Waals surface area contributed by atoms with E-state index in [1.54, 1.807) is 0 Å². The topological polar surface area (TPSA) is 112 Å². The Balaban J connectivity index is 1.72. The molecular weight excluding hydrogens is 406 g/mol. The smallest absolute Gasteiger partial charge is 0.306 e. The second kappa shape index (κ2) is 9.60. The first-order chi connectivity index (χ1) is 15.6. The van der Waals surface area contributed by atoms with E-state index in [0.29, 0.717) is 23.2 Å². The molecule has 0 aliphatic heterocycles. The highest BCUT2D eigenvalue weighted by Gasteiger charge is 2.31. The van der Waals surface area contributed by atoms with Crippen LogP contribution in [-0.4, -0.2) is 33.7 Å². The summed E-state index contributed by atoms with van der Waals surface area (Å²) in [5.41, 5.74) is 1.83. The molecule has 0 radical (unpaired) electrons. The van der Waals surface area contributed by atoms with Gasteiger partial charge in [-0.15, -0.1) is 0 Å². The number of rotatable bonds is 6. The average Bonchev–Trinajstić information content (AvgIpc) is 2.83.